The van der Waals surface area contributed by atoms with Crippen LogP contribution in [0.4, 0.5) is 11.4 Å². The van der Waals surface area contributed by atoms with E-state index in [1.54, 1.807) is 0 Å². The Balaban J connectivity index is 1.05. The number of hydrogen-bond donors (Lipinski definition) is 0. The average molecular weight is 755 g/mol. The molecule has 1 aliphatic carbocycles. The van der Waals surface area contributed by atoms with Gasteiger partial charge in [0.1, 0.15) is 11.2 Å². The molecule has 9 aromatic carbocycles. The van der Waals surface area contributed by atoms with Crippen LogP contribution in [0.25, 0.3) is 88.0 Å². The second-order valence-corrected chi connectivity index (χ2v) is 15.5. The number of para-hydroxylation sites is 2. The van der Waals surface area contributed by atoms with Gasteiger partial charge in [0.25, 0.3) is 0 Å². The van der Waals surface area contributed by atoms with Crippen LogP contribution in [0.1, 0.15) is 17.7 Å². The van der Waals surface area contributed by atoms with Gasteiger partial charge >= 0.3 is 0 Å². The Kier molecular flexibility index (Phi) is 7.67. The molecule has 0 radical (unpaired) electrons. The molecule has 3 heteroatoms. The van der Waals surface area contributed by atoms with Crippen molar-refractivity contribution >= 4 is 71.5 Å². The Morgan fingerprint density at radius 2 is 1.08 bits per heavy atom. The van der Waals surface area contributed by atoms with Crippen LogP contribution >= 0.6 is 0 Å². The number of allylic oxidation sites excluding steroid dienone is 1. The van der Waals surface area contributed by atoms with Crippen molar-refractivity contribution in [1.29, 1.82) is 0 Å². The van der Waals surface area contributed by atoms with Crippen LogP contribution in [0.5, 0.6) is 0 Å². The molecule has 11 aromatic rings. The van der Waals surface area contributed by atoms with Crippen LogP contribution in [0.3, 0.4) is 0 Å². The predicted octanol–water partition coefficient (Wildman–Crippen LogP) is 15.3. The lowest BCUT2D eigenvalue weighted by Gasteiger charge is -2.31. The van der Waals surface area contributed by atoms with E-state index in [-0.39, 0.29) is 0 Å². The summed E-state index contributed by atoms with van der Waals surface area (Å²) in [6, 6.07) is 72.4. The molecular weight excluding hydrogens is 717 g/mol. The van der Waals surface area contributed by atoms with Crippen molar-refractivity contribution in [3.63, 3.8) is 0 Å². The molecule has 2 aromatic heterocycles. The molecular formula is C56H38N2O. The highest BCUT2D eigenvalue weighted by Crippen LogP contribution is 2.46. The van der Waals surface area contributed by atoms with E-state index in [1.807, 2.05) is 0 Å². The fraction of sp³-hybridized carbons (Fsp3) is 0.0357. The average Bonchev–Trinajstić information content (AvgIpc) is 3.86. The molecule has 0 fully saturated rings. The molecule has 0 saturated heterocycles. The van der Waals surface area contributed by atoms with Crippen molar-refractivity contribution in [2.75, 3.05) is 4.90 Å². The fourth-order valence-corrected chi connectivity index (χ4v) is 9.65. The smallest absolute Gasteiger partial charge is 0.137 e. The first kappa shape index (κ1) is 33.5. The summed E-state index contributed by atoms with van der Waals surface area (Å²) in [7, 11) is 0. The molecule has 278 valence electrons. The molecule has 3 nitrogen and oxygen atoms in total. The first-order valence-electron chi connectivity index (χ1n) is 20.5. The van der Waals surface area contributed by atoms with Gasteiger partial charge in [-0.15, -0.1) is 0 Å². The minimum absolute atomic E-state index is 0.879. The van der Waals surface area contributed by atoms with Crippen LogP contribution in [0, 0.1) is 0 Å². The summed E-state index contributed by atoms with van der Waals surface area (Å²) in [5, 5.41) is 8.46. The number of fused-ring (bicyclic) bond motifs is 9. The van der Waals surface area contributed by atoms with Crippen molar-refractivity contribution in [3.05, 3.63) is 218 Å². The van der Waals surface area contributed by atoms with Crippen molar-refractivity contribution in [2.45, 2.75) is 12.8 Å². The minimum Gasteiger partial charge on any atom is -0.456 e. The first-order valence-corrected chi connectivity index (χ1v) is 20.5. The molecule has 59 heavy (non-hydrogen) atoms. The van der Waals surface area contributed by atoms with Gasteiger partial charge in [0.2, 0.25) is 0 Å². The van der Waals surface area contributed by atoms with Gasteiger partial charge in [-0.2, -0.15) is 0 Å². The second kappa shape index (κ2) is 13.5. The van der Waals surface area contributed by atoms with Crippen LogP contribution < -0.4 is 4.90 Å². The number of hydrogen-bond acceptors (Lipinski definition) is 2. The quantitative estimate of drug-likeness (QED) is 0.169. The molecule has 1 aliphatic rings. The number of anilines is 2. The lowest BCUT2D eigenvalue weighted by molar-refractivity contribution is 0.669. The van der Waals surface area contributed by atoms with Crippen LogP contribution in [0.15, 0.2) is 211 Å². The number of nitrogens with zero attached hydrogens (tertiary/aromatic N) is 2. The highest BCUT2D eigenvalue weighted by molar-refractivity contribution is 6.19. The number of aromatic nitrogens is 1. The third kappa shape index (κ3) is 5.36. The maximum Gasteiger partial charge on any atom is 0.137 e. The van der Waals surface area contributed by atoms with E-state index >= 15 is 0 Å². The monoisotopic (exact) mass is 754 g/mol. The highest BCUT2D eigenvalue weighted by Gasteiger charge is 2.29. The molecule has 0 aliphatic heterocycles. The Morgan fingerprint density at radius 1 is 0.458 bits per heavy atom. The topological polar surface area (TPSA) is 21.3 Å². The molecule has 2 heterocycles. The van der Waals surface area contributed by atoms with Crippen LogP contribution in [-0.4, -0.2) is 4.57 Å². The third-order valence-corrected chi connectivity index (χ3v) is 12.3. The van der Waals surface area contributed by atoms with Gasteiger partial charge < -0.3 is 13.9 Å². The minimum atomic E-state index is 0.879. The van der Waals surface area contributed by atoms with Crippen molar-refractivity contribution < 1.29 is 4.42 Å². The molecule has 12 rings (SSSR count). The SMILES string of the molecule is C1=C(N(c2ccc(-c3ccc(-c4ccccc4)c4ccccc34)cc2)c2ccc3c(c2)oc2ccc4ccccc4c23)c2c(n(-c3ccccc3)c3ccccc23)CC1. The van der Waals surface area contributed by atoms with E-state index in [0.717, 1.165) is 46.2 Å². The maximum absolute atomic E-state index is 6.69. The zero-order chi connectivity index (χ0) is 38.9. The van der Waals surface area contributed by atoms with Gasteiger partial charge in [0, 0.05) is 50.5 Å². The molecule has 0 unspecified atom stereocenters. The summed E-state index contributed by atoms with van der Waals surface area (Å²) < 4.78 is 9.15. The van der Waals surface area contributed by atoms with E-state index in [9.17, 15) is 0 Å². The fourth-order valence-electron chi connectivity index (χ4n) is 9.65. The van der Waals surface area contributed by atoms with E-state index < -0.39 is 0 Å². The molecule has 0 saturated carbocycles. The van der Waals surface area contributed by atoms with Gasteiger partial charge in [-0.25, -0.2) is 0 Å². The van der Waals surface area contributed by atoms with E-state index in [1.165, 1.54) is 77.3 Å². The predicted molar refractivity (Wildman–Crippen MR) is 248 cm³/mol. The first-order chi connectivity index (χ1) is 29.3. The second-order valence-electron chi connectivity index (χ2n) is 15.5. The lowest BCUT2D eigenvalue weighted by Crippen LogP contribution is -2.19. The number of benzene rings is 9. The maximum atomic E-state index is 6.69. The van der Waals surface area contributed by atoms with Gasteiger partial charge in [-0.05, 0) is 105 Å². The van der Waals surface area contributed by atoms with Gasteiger partial charge in [-0.1, -0.05) is 152 Å². The Labute approximate surface area is 342 Å². The molecule has 0 amide bonds. The van der Waals surface area contributed by atoms with Crippen molar-refractivity contribution in [3.8, 4) is 27.9 Å². The number of furan rings is 1. The summed E-state index contributed by atoms with van der Waals surface area (Å²) in [6.45, 7) is 0. The summed E-state index contributed by atoms with van der Waals surface area (Å²) in [5.41, 5.74) is 15.0. The molecule has 0 atom stereocenters. The zero-order valence-electron chi connectivity index (χ0n) is 32.3. The van der Waals surface area contributed by atoms with Crippen molar-refractivity contribution in [2.24, 2.45) is 0 Å². The Bertz CT molecular complexity index is 3430. The molecule has 0 spiro atoms. The lowest BCUT2D eigenvalue weighted by atomic mass is 9.92. The molecule has 0 N–H and O–H groups in total. The van der Waals surface area contributed by atoms with Gasteiger partial charge in [0.05, 0.1) is 11.2 Å². The van der Waals surface area contributed by atoms with E-state index in [0.29, 0.717) is 0 Å². The standard InChI is InChI=1S/C56H38N2O/c1-3-14-37(15-4-1)43-33-34-44(47-21-10-9-20-46(43)47)39-26-29-41(30-27-39)57(42-31-32-49-54(36-42)59-53-35-28-38-16-7-8-19-45(38)55(49)53)51-24-13-25-52-56(51)48-22-11-12-23-50(48)58(52)40-17-5-2-6-18-40/h1-12,14-24,26-36H,13,25H2. The number of rotatable bonds is 6. The highest BCUT2D eigenvalue weighted by atomic mass is 16.3. The van der Waals surface area contributed by atoms with Crippen molar-refractivity contribution in [1.82, 2.24) is 4.57 Å². The van der Waals surface area contributed by atoms with Crippen LogP contribution in [0.2, 0.25) is 0 Å². The largest absolute Gasteiger partial charge is 0.456 e. The normalized spacial score (nSPS) is 12.7. The van der Waals surface area contributed by atoms with Crippen LogP contribution in [-0.2, 0) is 6.42 Å². The summed E-state index contributed by atoms with van der Waals surface area (Å²) >= 11 is 0. The third-order valence-electron chi connectivity index (χ3n) is 12.3. The summed E-state index contributed by atoms with van der Waals surface area (Å²) in [6.07, 6.45) is 4.32. The Morgan fingerprint density at radius 3 is 1.85 bits per heavy atom. The Hall–Kier alpha value is -7.62. The van der Waals surface area contributed by atoms with E-state index in [2.05, 4.69) is 216 Å². The summed E-state index contributed by atoms with van der Waals surface area (Å²) in [4.78, 5) is 2.45. The zero-order valence-corrected chi connectivity index (χ0v) is 32.3. The van der Waals surface area contributed by atoms with Gasteiger partial charge in [-0.3, -0.25) is 0 Å². The summed E-state index contributed by atoms with van der Waals surface area (Å²) in [5.74, 6) is 0. The van der Waals surface area contributed by atoms with Gasteiger partial charge in [0.15, 0.2) is 0 Å². The van der Waals surface area contributed by atoms with E-state index in [4.69, 9.17) is 4.42 Å². The molecule has 0 bridgehead atoms.